The van der Waals surface area contributed by atoms with Gasteiger partial charge in [0.1, 0.15) is 4.90 Å². The van der Waals surface area contributed by atoms with Gasteiger partial charge >= 0.3 is 0 Å². The molecule has 25 heavy (non-hydrogen) atoms. The number of sulfonamides is 1. The Kier molecular flexibility index (Phi) is 4.92. The first kappa shape index (κ1) is 18.0. The minimum Gasteiger partial charge on any atom is -0.313 e. The van der Waals surface area contributed by atoms with Crippen molar-refractivity contribution in [3.63, 3.8) is 0 Å². The Morgan fingerprint density at radius 3 is 2.44 bits per heavy atom. The van der Waals surface area contributed by atoms with E-state index in [0.717, 1.165) is 11.8 Å². The van der Waals surface area contributed by atoms with Crippen LogP contribution in [-0.4, -0.2) is 52.0 Å². The molecule has 1 saturated heterocycles. The van der Waals surface area contributed by atoms with Gasteiger partial charge in [0.2, 0.25) is 10.0 Å². The highest BCUT2D eigenvalue weighted by Gasteiger charge is 2.36. The van der Waals surface area contributed by atoms with Crippen LogP contribution >= 0.6 is 0 Å². The summed E-state index contributed by atoms with van der Waals surface area (Å²) in [5.74, 6) is 0. The Morgan fingerprint density at radius 2 is 1.80 bits per heavy atom. The van der Waals surface area contributed by atoms with Crippen LogP contribution in [0.5, 0.6) is 0 Å². The monoisotopic (exact) mass is 381 g/mol. The van der Waals surface area contributed by atoms with Crippen LogP contribution in [0.1, 0.15) is 11.6 Å². The lowest BCUT2D eigenvalue weighted by atomic mass is 10.1. The van der Waals surface area contributed by atoms with Crippen LogP contribution < -0.4 is 5.32 Å². The van der Waals surface area contributed by atoms with Gasteiger partial charge in [0.05, 0.1) is 10.9 Å². The van der Waals surface area contributed by atoms with Gasteiger partial charge < -0.3 is 5.32 Å². The van der Waals surface area contributed by atoms with Crippen LogP contribution in [0.15, 0.2) is 58.6 Å². The predicted molar refractivity (Wildman–Crippen MR) is 93.3 cm³/mol. The molecular formula is C16H19N3O4S2. The van der Waals surface area contributed by atoms with E-state index in [1.165, 1.54) is 28.6 Å². The van der Waals surface area contributed by atoms with Gasteiger partial charge in [-0.2, -0.15) is 4.31 Å². The summed E-state index contributed by atoms with van der Waals surface area (Å²) in [4.78, 5) is 3.69. The van der Waals surface area contributed by atoms with Crippen molar-refractivity contribution in [3.05, 3.63) is 54.4 Å². The average Bonchev–Trinajstić information content (AvgIpc) is 2.62. The van der Waals surface area contributed by atoms with E-state index in [0.29, 0.717) is 13.1 Å². The summed E-state index contributed by atoms with van der Waals surface area (Å²) < 4.78 is 51.9. The second-order valence-corrected chi connectivity index (χ2v) is 9.68. The topological polar surface area (TPSA) is 96.4 Å². The van der Waals surface area contributed by atoms with E-state index < -0.39 is 25.9 Å². The van der Waals surface area contributed by atoms with E-state index in [4.69, 9.17) is 0 Å². The molecule has 3 rings (SSSR count). The lowest BCUT2D eigenvalue weighted by molar-refractivity contribution is 0.270. The SMILES string of the molecule is CS(=O)(=O)c1ccccc1S(=O)(=O)N1CCNCC1c1cccnc1. The van der Waals surface area contributed by atoms with E-state index in [2.05, 4.69) is 10.3 Å². The third-order valence-electron chi connectivity index (χ3n) is 4.10. The average molecular weight is 381 g/mol. The number of pyridine rings is 1. The lowest BCUT2D eigenvalue weighted by Gasteiger charge is -2.35. The molecule has 1 aliphatic heterocycles. The van der Waals surface area contributed by atoms with Gasteiger partial charge in [0, 0.05) is 38.3 Å². The fourth-order valence-corrected chi connectivity index (χ4v) is 6.14. The van der Waals surface area contributed by atoms with Gasteiger partial charge in [0.15, 0.2) is 9.84 Å². The number of nitrogens with zero attached hydrogens (tertiary/aromatic N) is 2. The summed E-state index contributed by atoms with van der Waals surface area (Å²) >= 11 is 0. The largest absolute Gasteiger partial charge is 0.313 e. The first-order valence-corrected chi connectivity index (χ1v) is 11.1. The van der Waals surface area contributed by atoms with Crippen LogP contribution in [0.3, 0.4) is 0 Å². The van der Waals surface area contributed by atoms with E-state index >= 15 is 0 Å². The van der Waals surface area contributed by atoms with Crippen molar-refractivity contribution in [1.29, 1.82) is 0 Å². The second-order valence-electron chi connectivity index (χ2n) is 5.84. The number of nitrogens with one attached hydrogen (secondary N) is 1. The maximum Gasteiger partial charge on any atom is 0.245 e. The Labute approximate surface area is 147 Å². The number of hydrogen-bond donors (Lipinski definition) is 1. The van der Waals surface area contributed by atoms with Gasteiger partial charge in [-0.1, -0.05) is 18.2 Å². The summed E-state index contributed by atoms with van der Waals surface area (Å²) in [6.07, 6.45) is 4.26. The molecule has 2 aromatic rings. The number of rotatable bonds is 4. The zero-order chi connectivity index (χ0) is 18.1. The maximum atomic E-state index is 13.3. The summed E-state index contributed by atoms with van der Waals surface area (Å²) in [5.41, 5.74) is 0.759. The van der Waals surface area contributed by atoms with Crippen molar-refractivity contribution in [3.8, 4) is 0 Å². The van der Waals surface area contributed by atoms with E-state index in [1.807, 2.05) is 6.07 Å². The highest BCUT2D eigenvalue weighted by Crippen LogP contribution is 2.31. The van der Waals surface area contributed by atoms with Gasteiger partial charge in [-0.05, 0) is 23.8 Å². The molecule has 2 heterocycles. The first-order chi connectivity index (χ1) is 11.8. The molecule has 0 saturated carbocycles. The summed E-state index contributed by atoms with van der Waals surface area (Å²) in [7, 11) is -7.66. The molecule has 9 heteroatoms. The fraction of sp³-hybridized carbons (Fsp3) is 0.312. The van der Waals surface area contributed by atoms with Crippen molar-refractivity contribution in [2.24, 2.45) is 0 Å². The molecule has 1 aromatic heterocycles. The summed E-state index contributed by atoms with van der Waals surface area (Å²) in [6.45, 7) is 1.18. The van der Waals surface area contributed by atoms with Crippen LogP contribution in [0.2, 0.25) is 0 Å². The highest BCUT2D eigenvalue weighted by atomic mass is 32.2. The molecule has 0 spiro atoms. The molecule has 1 unspecified atom stereocenters. The normalized spacial score (nSPS) is 19.6. The van der Waals surface area contributed by atoms with Crippen LogP contribution in [-0.2, 0) is 19.9 Å². The minimum absolute atomic E-state index is 0.182. The maximum absolute atomic E-state index is 13.3. The third kappa shape index (κ3) is 3.59. The molecule has 0 amide bonds. The number of sulfone groups is 1. The number of hydrogen-bond acceptors (Lipinski definition) is 6. The van der Waals surface area contributed by atoms with Crippen molar-refractivity contribution < 1.29 is 16.8 Å². The third-order valence-corrected chi connectivity index (χ3v) is 7.35. The van der Waals surface area contributed by atoms with E-state index in [9.17, 15) is 16.8 Å². The second kappa shape index (κ2) is 6.83. The molecule has 1 fully saturated rings. The summed E-state index contributed by atoms with van der Waals surface area (Å²) in [5, 5.41) is 3.18. The van der Waals surface area contributed by atoms with Gasteiger partial charge in [-0.3, -0.25) is 4.98 Å². The molecule has 1 aliphatic rings. The van der Waals surface area contributed by atoms with Gasteiger partial charge in [-0.25, -0.2) is 16.8 Å². The van der Waals surface area contributed by atoms with E-state index in [1.54, 1.807) is 18.5 Å². The molecule has 0 aliphatic carbocycles. The molecule has 7 nitrogen and oxygen atoms in total. The number of piperazine rings is 1. The predicted octanol–water partition coefficient (Wildman–Crippen LogP) is 0.820. The van der Waals surface area contributed by atoms with Crippen LogP contribution in [0, 0.1) is 0 Å². The molecule has 134 valence electrons. The van der Waals surface area contributed by atoms with Crippen LogP contribution in [0.4, 0.5) is 0 Å². The standard InChI is InChI=1S/C16H19N3O4S2/c1-24(20,21)15-6-2-3-7-16(15)25(22,23)19-10-9-18-12-14(19)13-5-4-8-17-11-13/h2-8,11,14,18H,9-10,12H2,1H3. The lowest BCUT2D eigenvalue weighted by Crippen LogP contribution is -2.48. The zero-order valence-electron chi connectivity index (χ0n) is 13.7. The van der Waals surface area contributed by atoms with Crippen molar-refractivity contribution in [2.45, 2.75) is 15.8 Å². The van der Waals surface area contributed by atoms with Crippen molar-refractivity contribution in [2.75, 3.05) is 25.9 Å². The smallest absolute Gasteiger partial charge is 0.245 e. The van der Waals surface area contributed by atoms with Gasteiger partial charge in [-0.15, -0.1) is 0 Å². The summed E-state index contributed by atoms with van der Waals surface area (Å²) in [6, 6.07) is 8.83. The van der Waals surface area contributed by atoms with Gasteiger partial charge in [0.25, 0.3) is 0 Å². The molecule has 1 atom stereocenters. The number of benzene rings is 1. The van der Waals surface area contributed by atoms with Crippen molar-refractivity contribution in [1.82, 2.24) is 14.6 Å². The fourth-order valence-electron chi connectivity index (χ4n) is 2.93. The molecule has 1 N–H and O–H groups in total. The first-order valence-electron chi connectivity index (χ1n) is 7.73. The Balaban J connectivity index is 2.10. The highest BCUT2D eigenvalue weighted by molar-refractivity contribution is 7.93. The Bertz CT molecular complexity index is 960. The van der Waals surface area contributed by atoms with E-state index in [-0.39, 0.29) is 16.3 Å². The quantitative estimate of drug-likeness (QED) is 0.842. The molecule has 0 radical (unpaired) electrons. The van der Waals surface area contributed by atoms with Crippen molar-refractivity contribution >= 4 is 19.9 Å². The number of aromatic nitrogens is 1. The Morgan fingerprint density at radius 1 is 1.08 bits per heavy atom. The zero-order valence-corrected chi connectivity index (χ0v) is 15.3. The molecular weight excluding hydrogens is 362 g/mol. The van der Waals surface area contributed by atoms with Crippen LogP contribution in [0.25, 0.3) is 0 Å². The Hall–Kier alpha value is -1.81. The molecule has 0 bridgehead atoms. The minimum atomic E-state index is -3.99. The molecule has 1 aromatic carbocycles.